The van der Waals surface area contributed by atoms with Crippen molar-refractivity contribution >= 4 is 10.0 Å². The zero-order valence-electron chi connectivity index (χ0n) is 12.8. The molecule has 6 heteroatoms. The first-order valence-electron chi connectivity index (χ1n) is 7.32. The van der Waals surface area contributed by atoms with Gasteiger partial charge in [0.2, 0.25) is 10.0 Å². The van der Waals surface area contributed by atoms with Crippen LogP contribution in [-0.2, 0) is 16.6 Å². The number of nitrogens with one attached hydrogen (secondary N) is 1. The molecular weight excluding hydrogens is 291 g/mol. The molecule has 1 atom stereocenters. The van der Waals surface area contributed by atoms with Crippen LogP contribution in [0.5, 0.6) is 0 Å². The maximum absolute atomic E-state index is 13.6. The highest BCUT2D eigenvalue weighted by Crippen LogP contribution is 2.31. The molecule has 2 rings (SSSR count). The second kappa shape index (κ2) is 6.42. The highest BCUT2D eigenvalue weighted by Gasteiger charge is 2.37. The molecule has 118 valence electrons. The van der Waals surface area contributed by atoms with E-state index in [1.54, 1.807) is 17.4 Å². The number of nitrogens with zero attached hydrogens (tertiary/aromatic N) is 1. The van der Waals surface area contributed by atoms with Gasteiger partial charge in [-0.1, -0.05) is 19.9 Å². The van der Waals surface area contributed by atoms with Gasteiger partial charge in [0.05, 0.1) is 4.90 Å². The van der Waals surface area contributed by atoms with E-state index in [1.165, 1.54) is 6.07 Å². The molecule has 0 bridgehead atoms. The maximum atomic E-state index is 13.6. The molecule has 0 amide bonds. The lowest BCUT2D eigenvalue weighted by atomic mass is 10.0. The summed E-state index contributed by atoms with van der Waals surface area (Å²) in [5, 5.41) is 2.94. The highest BCUT2D eigenvalue weighted by molar-refractivity contribution is 7.89. The van der Waals surface area contributed by atoms with Crippen molar-refractivity contribution in [2.45, 2.75) is 44.2 Å². The van der Waals surface area contributed by atoms with Crippen LogP contribution in [0.25, 0.3) is 0 Å². The van der Waals surface area contributed by atoms with E-state index in [0.717, 1.165) is 18.9 Å². The topological polar surface area (TPSA) is 49.4 Å². The molecule has 21 heavy (non-hydrogen) atoms. The second-order valence-electron chi connectivity index (χ2n) is 5.85. The van der Waals surface area contributed by atoms with Crippen molar-refractivity contribution in [3.05, 3.63) is 29.6 Å². The van der Waals surface area contributed by atoms with E-state index in [2.05, 4.69) is 5.32 Å². The van der Waals surface area contributed by atoms with Crippen molar-refractivity contribution in [1.82, 2.24) is 9.62 Å². The minimum atomic E-state index is -3.65. The Hall–Kier alpha value is -0.980. The molecule has 1 aliphatic rings. The summed E-state index contributed by atoms with van der Waals surface area (Å²) in [7, 11) is -1.91. The van der Waals surface area contributed by atoms with Crippen LogP contribution in [0.15, 0.2) is 23.1 Å². The molecule has 1 aliphatic heterocycles. The van der Waals surface area contributed by atoms with E-state index >= 15 is 0 Å². The Morgan fingerprint density at radius 1 is 1.43 bits per heavy atom. The quantitative estimate of drug-likeness (QED) is 0.907. The number of benzene rings is 1. The van der Waals surface area contributed by atoms with Gasteiger partial charge in [0, 0.05) is 19.1 Å². The molecule has 1 N–H and O–H groups in total. The molecule has 0 aliphatic carbocycles. The SMILES string of the molecule is CNCc1ccc(F)cc1S(=O)(=O)N1CCCC1C(C)C. The van der Waals surface area contributed by atoms with Crippen molar-refractivity contribution in [3.63, 3.8) is 0 Å². The fraction of sp³-hybridized carbons (Fsp3) is 0.600. The molecule has 0 radical (unpaired) electrons. The Balaban J connectivity index is 2.46. The third-order valence-corrected chi connectivity index (χ3v) is 6.01. The molecule has 0 aromatic heterocycles. The maximum Gasteiger partial charge on any atom is 0.243 e. The van der Waals surface area contributed by atoms with E-state index in [4.69, 9.17) is 0 Å². The monoisotopic (exact) mass is 314 g/mol. The number of halogens is 1. The first-order chi connectivity index (χ1) is 9.87. The third kappa shape index (κ3) is 3.27. The van der Waals surface area contributed by atoms with Gasteiger partial charge in [0.25, 0.3) is 0 Å². The van der Waals surface area contributed by atoms with Crippen LogP contribution in [0, 0.1) is 11.7 Å². The van der Waals surface area contributed by atoms with E-state index < -0.39 is 15.8 Å². The minimum absolute atomic E-state index is 0.000651. The molecule has 1 unspecified atom stereocenters. The Labute approximate surface area is 126 Å². The summed E-state index contributed by atoms with van der Waals surface area (Å²) in [6.07, 6.45) is 1.73. The van der Waals surface area contributed by atoms with E-state index in [1.807, 2.05) is 13.8 Å². The normalized spacial score (nSPS) is 20.3. The smallest absolute Gasteiger partial charge is 0.243 e. The Morgan fingerprint density at radius 2 is 2.14 bits per heavy atom. The van der Waals surface area contributed by atoms with Crippen molar-refractivity contribution in [3.8, 4) is 0 Å². The van der Waals surface area contributed by atoms with Crippen molar-refractivity contribution in [1.29, 1.82) is 0 Å². The number of hydrogen-bond acceptors (Lipinski definition) is 3. The van der Waals surface area contributed by atoms with Gasteiger partial charge < -0.3 is 5.32 Å². The minimum Gasteiger partial charge on any atom is -0.316 e. The van der Waals surface area contributed by atoms with Crippen molar-refractivity contribution in [2.75, 3.05) is 13.6 Å². The van der Waals surface area contributed by atoms with Gasteiger partial charge >= 0.3 is 0 Å². The second-order valence-corrected chi connectivity index (χ2v) is 7.71. The van der Waals surface area contributed by atoms with Crippen molar-refractivity contribution < 1.29 is 12.8 Å². The fourth-order valence-electron chi connectivity index (χ4n) is 2.96. The Morgan fingerprint density at radius 3 is 2.76 bits per heavy atom. The zero-order valence-corrected chi connectivity index (χ0v) is 13.6. The predicted octanol–water partition coefficient (Wildman–Crippen LogP) is 2.35. The highest BCUT2D eigenvalue weighted by atomic mass is 32.2. The molecule has 1 heterocycles. The summed E-state index contributed by atoms with van der Waals surface area (Å²) in [6, 6.07) is 3.98. The molecular formula is C15H23FN2O2S. The molecule has 1 aromatic carbocycles. The van der Waals surface area contributed by atoms with Gasteiger partial charge in [-0.25, -0.2) is 12.8 Å². The van der Waals surface area contributed by atoms with Crippen LogP contribution >= 0.6 is 0 Å². The lowest BCUT2D eigenvalue weighted by Crippen LogP contribution is -2.39. The van der Waals surface area contributed by atoms with E-state index in [0.29, 0.717) is 18.7 Å². The van der Waals surface area contributed by atoms with Crippen LogP contribution in [0.2, 0.25) is 0 Å². The first kappa shape index (κ1) is 16.4. The Kier molecular flexibility index (Phi) is 5.01. The lowest BCUT2D eigenvalue weighted by Gasteiger charge is -2.27. The van der Waals surface area contributed by atoms with E-state index in [9.17, 15) is 12.8 Å². The summed E-state index contributed by atoms with van der Waals surface area (Å²) in [5.41, 5.74) is 0.605. The van der Waals surface area contributed by atoms with E-state index in [-0.39, 0.29) is 16.9 Å². The van der Waals surface area contributed by atoms with Crippen molar-refractivity contribution in [2.24, 2.45) is 5.92 Å². The average Bonchev–Trinajstić information content (AvgIpc) is 2.91. The largest absolute Gasteiger partial charge is 0.316 e. The summed E-state index contributed by atoms with van der Waals surface area (Å²) in [6.45, 7) is 4.97. The predicted molar refractivity (Wildman–Crippen MR) is 80.9 cm³/mol. The summed E-state index contributed by atoms with van der Waals surface area (Å²) in [5.74, 6) is -0.266. The van der Waals surface area contributed by atoms with Gasteiger partial charge in [0.1, 0.15) is 5.82 Å². The van der Waals surface area contributed by atoms with Gasteiger partial charge in [-0.3, -0.25) is 0 Å². The molecule has 1 fully saturated rings. The molecule has 0 spiro atoms. The first-order valence-corrected chi connectivity index (χ1v) is 8.76. The molecule has 4 nitrogen and oxygen atoms in total. The Bertz CT molecular complexity index is 602. The zero-order chi connectivity index (χ0) is 15.6. The van der Waals surface area contributed by atoms with Crippen LogP contribution in [0.1, 0.15) is 32.3 Å². The molecule has 1 aromatic rings. The van der Waals surface area contributed by atoms with Crippen LogP contribution in [0.4, 0.5) is 4.39 Å². The van der Waals surface area contributed by atoms with Crippen LogP contribution < -0.4 is 5.32 Å². The number of hydrogen-bond donors (Lipinski definition) is 1. The van der Waals surface area contributed by atoms with Crippen LogP contribution in [0.3, 0.4) is 0 Å². The van der Waals surface area contributed by atoms with Gasteiger partial charge in [-0.05, 0) is 43.5 Å². The number of sulfonamides is 1. The van der Waals surface area contributed by atoms with Gasteiger partial charge in [0.15, 0.2) is 0 Å². The molecule has 1 saturated heterocycles. The summed E-state index contributed by atoms with van der Waals surface area (Å²) in [4.78, 5) is 0.0874. The average molecular weight is 314 g/mol. The van der Waals surface area contributed by atoms with Gasteiger partial charge in [-0.15, -0.1) is 0 Å². The molecule has 0 saturated carbocycles. The lowest BCUT2D eigenvalue weighted by molar-refractivity contribution is 0.315. The van der Waals surface area contributed by atoms with Crippen LogP contribution in [-0.4, -0.2) is 32.4 Å². The standard InChI is InChI=1S/C15H23FN2O2S/c1-11(2)14-5-4-8-18(14)21(19,20)15-9-13(16)7-6-12(15)10-17-3/h6-7,9,11,14,17H,4-5,8,10H2,1-3H3. The fourth-order valence-corrected chi connectivity index (χ4v) is 5.02. The summed E-state index contributed by atoms with van der Waals surface area (Å²) >= 11 is 0. The number of rotatable bonds is 5. The van der Waals surface area contributed by atoms with Gasteiger partial charge in [-0.2, -0.15) is 4.31 Å². The third-order valence-electron chi connectivity index (χ3n) is 4.00. The summed E-state index contributed by atoms with van der Waals surface area (Å²) < 4.78 is 41.0.